The number of pyridine rings is 1. The van der Waals surface area contributed by atoms with Crippen LogP contribution in [0.25, 0.3) is 0 Å². The Morgan fingerprint density at radius 3 is 2.59 bits per heavy atom. The van der Waals surface area contributed by atoms with Crippen molar-refractivity contribution in [3.63, 3.8) is 0 Å². The molecule has 1 aromatic heterocycles. The summed E-state index contributed by atoms with van der Waals surface area (Å²) >= 11 is 0. The summed E-state index contributed by atoms with van der Waals surface area (Å²) in [7, 11) is 0. The van der Waals surface area contributed by atoms with E-state index in [-0.39, 0.29) is 6.10 Å². The molecule has 1 N–H and O–H groups in total. The van der Waals surface area contributed by atoms with Gasteiger partial charge < -0.3 is 10.1 Å². The first kappa shape index (κ1) is 13.8. The van der Waals surface area contributed by atoms with Crippen molar-refractivity contribution in [2.24, 2.45) is 0 Å². The lowest BCUT2D eigenvalue weighted by molar-refractivity contribution is 0.0989. The third-order valence-electron chi connectivity index (χ3n) is 2.14. The van der Waals surface area contributed by atoms with E-state index in [0.717, 1.165) is 0 Å². The number of nitrogens with one attached hydrogen (secondary N) is 1. The monoisotopic (exact) mass is 244 g/mol. The highest BCUT2D eigenvalue weighted by molar-refractivity contribution is 5.26. The molecule has 0 saturated carbocycles. The van der Waals surface area contributed by atoms with Gasteiger partial charge >= 0.3 is 0 Å². The highest BCUT2D eigenvalue weighted by Crippen LogP contribution is 2.23. The third kappa shape index (κ3) is 4.26. The molecular formula is C12H18F2N2O. The lowest BCUT2D eigenvalue weighted by Gasteiger charge is -2.18. The van der Waals surface area contributed by atoms with E-state index in [2.05, 4.69) is 10.3 Å². The molecule has 0 bridgehead atoms. The third-order valence-corrected chi connectivity index (χ3v) is 2.14. The predicted octanol–water partition coefficient (Wildman–Crippen LogP) is 2.78. The largest absolute Gasteiger partial charge is 0.489 e. The van der Waals surface area contributed by atoms with Crippen molar-refractivity contribution in [3.05, 3.63) is 24.0 Å². The second kappa shape index (κ2) is 6.49. The van der Waals surface area contributed by atoms with Crippen LogP contribution in [0.4, 0.5) is 8.78 Å². The van der Waals surface area contributed by atoms with E-state index in [1.807, 2.05) is 13.8 Å². The Morgan fingerprint density at radius 2 is 2.06 bits per heavy atom. The van der Waals surface area contributed by atoms with Crippen LogP contribution in [0.1, 0.15) is 32.4 Å². The molecule has 0 aromatic carbocycles. The van der Waals surface area contributed by atoms with Crippen LogP contribution < -0.4 is 10.1 Å². The molecule has 1 unspecified atom stereocenters. The minimum atomic E-state index is -2.47. The number of nitrogens with zero attached hydrogens (tertiary/aromatic N) is 1. The van der Waals surface area contributed by atoms with Gasteiger partial charge in [-0.25, -0.2) is 8.78 Å². The van der Waals surface area contributed by atoms with Crippen LogP contribution in [0.15, 0.2) is 18.5 Å². The summed E-state index contributed by atoms with van der Waals surface area (Å²) in [4.78, 5) is 3.92. The highest BCUT2D eigenvalue weighted by atomic mass is 19.3. The molecule has 1 heterocycles. The van der Waals surface area contributed by atoms with Crippen LogP contribution in [-0.2, 0) is 0 Å². The van der Waals surface area contributed by atoms with Crippen molar-refractivity contribution >= 4 is 0 Å². The van der Waals surface area contributed by atoms with Crippen LogP contribution in [0, 0.1) is 0 Å². The first-order valence-corrected chi connectivity index (χ1v) is 5.67. The number of hydrogen-bond acceptors (Lipinski definition) is 3. The van der Waals surface area contributed by atoms with Gasteiger partial charge in [0.05, 0.1) is 18.3 Å². The molecule has 0 radical (unpaired) electrons. The number of hydrogen-bond donors (Lipinski definition) is 1. The summed E-state index contributed by atoms with van der Waals surface area (Å²) in [5.74, 6) is 0.515. The van der Waals surface area contributed by atoms with Gasteiger partial charge in [0.1, 0.15) is 5.75 Å². The van der Waals surface area contributed by atoms with Crippen molar-refractivity contribution in [1.82, 2.24) is 10.3 Å². The van der Waals surface area contributed by atoms with Gasteiger partial charge in [-0.1, -0.05) is 6.92 Å². The molecule has 0 spiro atoms. The molecule has 0 aliphatic carbocycles. The summed E-state index contributed by atoms with van der Waals surface area (Å²) in [6, 6.07) is 0.607. The van der Waals surface area contributed by atoms with Gasteiger partial charge in [-0.05, 0) is 32.0 Å². The fraction of sp³-hybridized carbons (Fsp3) is 0.583. The number of halogens is 2. The highest BCUT2D eigenvalue weighted by Gasteiger charge is 2.22. The molecule has 1 rings (SSSR count). The molecule has 0 fully saturated rings. The van der Waals surface area contributed by atoms with Gasteiger partial charge in [0, 0.05) is 6.20 Å². The van der Waals surface area contributed by atoms with Gasteiger partial charge in [0.2, 0.25) is 0 Å². The van der Waals surface area contributed by atoms with E-state index in [1.54, 1.807) is 13.0 Å². The maximum Gasteiger partial charge on any atom is 0.257 e. The average Bonchev–Trinajstić information content (AvgIpc) is 2.24. The van der Waals surface area contributed by atoms with E-state index in [4.69, 9.17) is 4.74 Å². The lowest BCUT2D eigenvalue weighted by Crippen LogP contribution is -2.27. The van der Waals surface area contributed by atoms with Crippen LogP contribution >= 0.6 is 0 Å². The average molecular weight is 244 g/mol. The van der Waals surface area contributed by atoms with Gasteiger partial charge in [0.25, 0.3) is 6.43 Å². The van der Waals surface area contributed by atoms with Gasteiger partial charge in [0.15, 0.2) is 0 Å². The molecule has 0 amide bonds. The fourth-order valence-electron chi connectivity index (χ4n) is 1.51. The Labute approximate surface area is 100 Å². The molecule has 5 heteroatoms. The topological polar surface area (TPSA) is 34.2 Å². The zero-order valence-corrected chi connectivity index (χ0v) is 10.3. The molecular weight excluding hydrogens is 226 g/mol. The molecule has 3 nitrogen and oxygen atoms in total. The van der Waals surface area contributed by atoms with E-state index in [1.165, 1.54) is 12.4 Å². The summed E-state index contributed by atoms with van der Waals surface area (Å²) in [5, 5.41) is 2.73. The van der Waals surface area contributed by atoms with Crippen molar-refractivity contribution in [3.8, 4) is 5.75 Å². The molecule has 1 aromatic rings. The van der Waals surface area contributed by atoms with Gasteiger partial charge in [-0.3, -0.25) is 4.98 Å². The number of aromatic nitrogens is 1. The minimum absolute atomic E-state index is 0.00353. The summed E-state index contributed by atoms with van der Waals surface area (Å²) < 4.78 is 31.1. The SMILES string of the molecule is CCNC(c1cncc(OC(C)C)c1)C(F)F. The van der Waals surface area contributed by atoms with Crippen molar-refractivity contribution in [1.29, 1.82) is 0 Å². The van der Waals surface area contributed by atoms with Gasteiger partial charge in [-0.2, -0.15) is 0 Å². The van der Waals surface area contributed by atoms with E-state index in [0.29, 0.717) is 17.9 Å². The Kier molecular flexibility index (Phi) is 5.28. The Hall–Kier alpha value is -1.23. The van der Waals surface area contributed by atoms with E-state index < -0.39 is 12.5 Å². The summed E-state index contributed by atoms with van der Waals surface area (Å²) in [5.41, 5.74) is 0.444. The second-order valence-electron chi connectivity index (χ2n) is 3.99. The first-order chi connectivity index (χ1) is 8.04. The van der Waals surface area contributed by atoms with Crippen LogP contribution in [-0.4, -0.2) is 24.1 Å². The molecule has 0 saturated heterocycles. The lowest BCUT2D eigenvalue weighted by atomic mass is 10.1. The number of rotatable bonds is 6. The zero-order chi connectivity index (χ0) is 12.8. The van der Waals surface area contributed by atoms with Crippen molar-refractivity contribution < 1.29 is 13.5 Å². The Morgan fingerprint density at radius 1 is 1.35 bits per heavy atom. The molecule has 0 aliphatic rings. The smallest absolute Gasteiger partial charge is 0.257 e. The maximum atomic E-state index is 12.8. The molecule has 96 valence electrons. The van der Waals surface area contributed by atoms with Crippen LogP contribution in [0.5, 0.6) is 5.75 Å². The van der Waals surface area contributed by atoms with E-state index >= 15 is 0 Å². The fourth-order valence-corrected chi connectivity index (χ4v) is 1.51. The molecule has 17 heavy (non-hydrogen) atoms. The minimum Gasteiger partial charge on any atom is -0.489 e. The Balaban J connectivity index is 2.87. The summed E-state index contributed by atoms with van der Waals surface area (Å²) in [6.45, 7) is 6.02. The predicted molar refractivity (Wildman–Crippen MR) is 62.4 cm³/mol. The first-order valence-electron chi connectivity index (χ1n) is 5.67. The van der Waals surface area contributed by atoms with Crippen molar-refractivity contribution in [2.45, 2.75) is 39.3 Å². The van der Waals surface area contributed by atoms with Crippen LogP contribution in [0.2, 0.25) is 0 Å². The van der Waals surface area contributed by atoms with E-state index in [9.17, 15) is 8.78 Å². The van der Waals surface area contributed by atoms with Crippen molar-refractivity contribution in [2.75, 3.05) is 6.54 Å². The zero-order valence-electron chi connectivity index (χ0n) is 10.3. The van der Waals surface area contributed by atoms with Gasteiger partial charge in [-0.15, -0.1) is 0 Å². The summed E-state index contributed by atoms with van der Waals surface area (Å²) in [6.07, 6.45) is 0.493. The Bertz CT molecular complexity index is 345. The number of alkyl halides is 2. The van der Waals surface area contributed by atoms with Crippen LogP contribution in [0.3, 0.4) is 0 Å². The quantitative estimate of drug-likeness (QED) is 0.835. The molecule has 1 atom stereocenters. The maximum absolute atomic E-state index is 12.8. The second-order valence-corrected chi connectivity index (χ2v) is 3.99. The standard InChI is InChI=1S/C12H18F2N2O/c1-4-16-11(12(13)14)9-5-10(7-15-6-9)17-8(2)3/h5-8,11-12,16H,4H2,1-3H3. The molecule has 0 aliphatic heterocycles. The number of ether oxygens (including phenoxy) is 1. The normalized spacial score (nSPS) is 13.1.